The second kappa shape index (κ2) is 14.4. The van der Waals surface area contributed by atoms with Crippen LogP contribution in [0.5, 0.6) is 0 Å². The maximum absolute atomic E-state index is 2.47. The van der Waals surface area contributed by atoms with Gasteiger partial charge in [0.15, 0.2) is 0 Å². The topological polar surface area (TPSA) is 9.72 Å². The first-order chi connectivity index (χ1) is 24.9. The van der Waals surface area contributed by atoms with Crippen LogP contribution in [0, 0.1) is 41.5 Å². The summed E-state index contributed by atoms with van der Waals surface area (Å²) in [5.41, 5.74) is 17.5. The molecule has 0 saturated heterocycles. The molecule has 3 heteroatoms. The summed E-state index contributed by atoms with van der Waals surface area (Å²) < 4.78 is 0. The first-order valence-electron chi connectivity index (χ1n) is 17.7. The number of anilines is 9. The fourth-order valence-electron chi connectivity index (χ4n) is 7.53. The summed E-state index contributed by atoms with van der Waals surface area (Å²) in [6, 6.07) is 58.6. The van der Waals surface area contributed by atoms with E-state index in [0.29, 0.717) is 0 Å². The molecule has 0 fully saturated rings. The van der Waals surface area contributed by atoms with Crippen LogP contribution in [0.15, 0.2) is 164 Å². The van der Waals surface area contributed by atoms with E-state index in [1.807, 2.05) is 0 Å². The zero-order valence-corrected chi connectivity index (χ0v) is 30.4. The number of aryl methyl sites for hydroxylation is 3. The number of hydrogen-bond acceptors (Lipinski definition) is 3. The van der Waals surface area contributed by atoms with E-state index in [4.69, 9.17) is 0 Å². The maximum Gasteiger partial charge on any atom is 0.0562 e. The van der Waals surface area contributed by atoms with Crippen LogP contribution in [-0.4, -0.2) is 0 Å². The summed E-state index contributed by atoms with van der Waals surface area (Å²) in [4.78, 5) is 7.40. The molecule has 3 nitrogen and oxygen atoms in total. The van der Waals surface area contributed by atoms with E-state index in [0.717, 1.165) is 51.2 Å². The Hall–Kier alpha value is -6.06. The van der Waals surface area contributed by atoms with Crippen molar-refractivity contribution in [3.63, 3.8) is 0 Å². The van der Waals surface area contributed by atoms with Gasteiger partial charge in [0.2, 0.25) is 0 Å². The van der Waals surface area contributed by atoms with E-state index in [2.05, 4.69) is 220 Å². The van der Waals surface area contributed by atoms with E-state index < -0.39 is 0 Å². The quantitative estimate of drug-likeness (QED) is 0.152. The van der Waals surface area contributed by atoms with Crippen LogP contribution in [0.2, 0.25) is 0 Å². The van der Waals surface area contributed by atoms with Gasteiger partial charge in [0.05, 0.1) is 17.1 Å². The predicted molar refractivity (Wildman–Crippen MR) is 219 cm³/mol. The fourth-order valence-corrected chi connectivity index (χ4v) is 7.53. The van der Waals surface area contributed by atoms with Gasteiger partial charge in [-0.25, -0.2) is 0 Å². The van der Waals surface area contributed by atoms with Gasteiger partial charge < -0.3 is 14.7 Å². The molecule has 7 rings (SSSR count). The van der Waals surface area contributed by atoms with Crippen LogP contribution in [0.25, 0.3) is 0 Å². The van der Waals surface area contributed by atoms with Crippen LogP contribution in [0.3, 0.4) is 0 Å². The molecule has 252 valence electrons. The van der Waals surface area contributed by atoms with Gasteiger partial charge in [0.25, 0.3) is 0 Å². The highest BCUT2D eigenvalue weighted by molar-refractivity contribution is 5.97. The summed E-state index contributed by atoms with van der Waals surface area (Å²) >= 11 is 0. The van der Waals surface area contributed by atoms with Crippen LogP contribution < -0.4 is 14.7 Å². The van der Waals surface area contributed by atoms with E-state index in [9.17, 15) is 0 Å². The van der Waals surface area contributed by atoms with Gasteiger partial charge in [0, 0.05) is 34.1 Å². The summed E-state index contributed by atoms with van der Waals surface area (Å²) in [5.74, 6) is 0. The number of benzene rings is 7. The van der Waals surface area contributed by atoms with Crippen molar-refractivity contribution in [2.45, 2.75) is 41.5 Å². The van der Waals surface area contributed by atoms with Crippen molar-refractivity contribution in [2.24, 2.45) is 0 Å². The zero-order chi connectivity index (χ0) is 35.5. The van der Waals surface area contributed by atoms with Gasteiger partial charge in [-0.2, -0.15) is 0 Å². The van der Waals surface area contributed by atoms with Gasteiger partial charge in [-0.05, 0) is 130 Å². The third-order valence-electron chi connectivity index (χ3n) is 9.91. The summed E-state index contributed by atoms with van der Waals surface area (Å²) in [6.07, 6.45) is 0. The lowest BCUT2D eigenvalue weighted by Gasteiger charge is -2.39. The Morgan fingerprint density at radius 3 is 0.706 bits per heavy atom. The van der Waals surface area contributed by atoms with E-state index >= 15 is 0 Å². The molecule has 0 atom stereocenters. The second-order valence-corrected chi connectivity index (χ2v) is 13.3. The first-order valence-corrected chi connectivity index (χ1v) is 17.7. The molecule has 0 aromatic heterocycles. The second-order valence-electron chi connectivity index (χ2n) is 13.3. The van der Waals surface area contributed by atoms with E-state index in [1.54, 1.807) is 0 Å². The molecule has 0 N–H and O–H groups in total. The van der Waals surface area contributed by atoms with Crippen LogP contribution >= 0.6 is 0 Å². The van der Waals surface area contributed by atoms with Crippen molar-refractivity contribution >= 4 is 51.2 Å². The average molecular weight is 664 g/mol. The third-order valence-corrected chi connectivity index (χ3v) is 9.91. The van der Waals surface area contributed by atoms with Crippen molar-refractivity contribution in [1.82, 2.24) is 0 Å². The summed E-state index contributed by atoms with van der Waals surface area (Å²) in [6.45, 7) is 13.5. The highest BCUT2D eigenvalue weighted by Crippen LogP contribution is 2.54. The fraction of sp³-hybridized carbons (Fsp3) is 0.125. The van der Waals surface area contributed by atoms with Crippen molar-refractivity contribution in [1.29, 1.82) is 0 Å². The lowest BCUT2D eigenvalue weighted by atomic mass is 9.93. The normalized spacial score (nSPS) is 10.9. The lowest BCUT2D eigenvalue weighted by Crippen LogP contribution is -2.22. The number of rotatable bonds is 9. The largest absolute Gasteiger partial charge is 0.310 e. The van der Waals surface area contributed by atoms with Gasteiger partial charge in [-0.1, -0.05) is 109 Å². The maximum atomic E-state index is 2.47. The molecule has 0 spiro atoms. The molecule has 0 heterocycles. The SMILES string of the molecule is Cc1ccccc1N(c1ccccc1)c1c(C)c(N(c2ccccc2)c2ccccc2C)c(C)c(N(c2ccccc2)c2ccccc2C)c1C. The van der Waals surface area contributed by atoms with Crippen LogP contribution in [0.4, 0.5) is 51.2 Å². The van der Waals surface area contributed by atoms with Crippen molar-refractivity contribution < 1.29 is 0 Å². The minimum absolute atomic E-state index is 1.11. The Kier molecular flexibility index (Phi) is 9.46. The Morgan fingerprint density at radius 2 is 0.471 bits per heavy atom. The molecule has 51 heavy (non-hydrogen) atoms. The highest BCUT2D eigenvalue weighted by atomic mass is 15.2. The zero-order valence-electron chi connectivity index (χ0n) is 30.4. The minimum Gasteiger partial charge on any atom is -0.310 e. The van der Waals surface area contributed by atoms with Crippen LogP contribution in [0.1, 0.15) is 33.4 Å². The van der Waals surface area contributed by atoms with Gasteiger partial charge >= 0.3 is 0 Å². The van der Waals surface area contributed by atoms with Gasteiger partial charge in [-0.15, -0.1) is 0 Å². The number of para-hydroxylation sites is 6. The molecular weight excluding hydrogens is 619 g/mol. The standard InChI is InChI=1S/C48H45N3/c1-34-22-16-19-31-43(34)49(40-25-10-7-11-26-40)46-37(4)47(50(41-27-12-8-13-28-41)44-32-20-17-23-35(44)2)39(6)48(38(46)5)51(42-29-14-9-15-30-42)45-33-21-18-24-36(45)3/h7-33H,1-6H3. The Balaban J connectivity index is 1.67. The molecular formula is C48H45N3. The Morgan fingerprint density at radius 1 is 0.255 bits per heavy atom. The van der Waals surface area contributed by atoms with E-state index in [-0.39, 0.29) is 0 Å². The highest BCUT2D eigenvalue weighted by Gasteiger charge is 2.31. The van der Waals surface area contributed by atoms with E-state index in [1.165, 1.54) is 33.4 Å². The van der Waals surface area contributed by atoms with Gasteiger partial charge in [-0.3, -0.25) is 0 Å². The van der Waals surface area contributed by atoms with Crippen LogP contribution in [-0.2, 0) is 0 Å². The lowest BCUT2D eigenvalue weighted by molar-refractivity contribution is 1.12. The molecule has 7 aromatic rings. The predicted octanol–water partition coefficient (Wildman–Crippen LogP) is 13.9. The van der Waals surface area contributed by atoms with Crippen molar-refractivity contribution in [2.75, 3.05) is 14.7 Å². The minimum atomic E-state index is 1.11. The Bertz CT molecular complexity index is 2000. The molecule has 7 aromatic carbocycles. The van der Waals surface area contributed by atoms with Crippen molar-refractivity contribution in [3.8, 4) is 0 Å². The smallest absolute Gasteiger partial charge is 0.0562 e. The molecule has 0 aliphatic heterocycles. The molecule has 0 saturated carbocycles. The number of nitrogens with zero attached hydrogens (tertiary/aromatic N) is 3. The Labute approximate surface area is 303 Å². The molecule has 0 bridgehead atoms. The van der Waals surface area contributed by atoms with Gasteiger partial charge in [0.1, 0.15) is 0 Å². The first kappa shape index (κ1) is 33.4. The molecule has 0 unspecified atom stereocenters. The van der Waals surface area contributed by atoms with Crippen molar-refractivity contribution in [3.05, 3.63) is 197 Å². The monoisotopic (exact) mass is 663 g/mol. The average Bonchev–Trinajstić information content (AvgIpc) is 3.16. The molecule has 0 radical (unpaired) electrons. The number of hydrogen-bond donors (Lipinski definition) is 0. The molecule has 0 aliphatic rings. The third kappa shape index (κ3) is 6.28. The summed E-state index contributed by atoms with van der Waals surface area (Å²) in [5, 5.41) is 0. The summed E-state index contributed by atoms with van der Waals surface area (Å²) in [7, 11) is 0. The molecule has 0 aliphatic carbocycles. The molecule has 0 amide bonds.